The number of halogens is 2. The second kappa shape index (κ2) is 5.77. The molecule has 0 amide bonds. The van der Waals surface area contributed by atoms with Gasteiger partial charge in [0.15, 0.2) is 0 Å². The normalized spacial score (nSPS) is 10.9. The van der Waals surface area contributed by atoms with Crippen LogP contribution in [0.3, 0.4) is 0 Å². The third-order valence-electron chi connectivity index (χ3n) is 3.01. The van der Waals surface area contributed by atoms with Gasteiger partial charge in [-0.05, 0) is 31.0 Å². The summed E-state index contributed by atoms with van der Waals surface area (Å²) < 4.78 is 1.96. The van der Waals surface area contributed by atoms with Crippen molar-refractivity contribution in [2.24, 2.45) is 0 Å². The number of hydrogen-bond donors (Lipinski definition) is 0. The molecule has 0 spiro atoms. The Kier molecular flexibility index (Phi) is 4.31. The molecule has 2 aromatic rings. The zero-order chi connectivity index (χ0) is 13.1. The molecule has 0 fully saturated rings. The van der Waals surface area contributed by atoms with E-state index in [2.05, 4.69) is 25.0 Å². The first-order valence-corrected chi connectivity index (χ1v) is 7.04. The van der Waals surface area contributed by atoms with Gasteiger partial charge >= 0.3 is 0 Å². The van der Waals surface area contributed by atoms with Gasteiger partial charge in [0.25, 0.3) is 0 Å². The molecule has 18 heavy (non-hydrogen) atoms. The summed E-state index contributed by atoms with van der Waals surface area (Å²) in [5.74, 6) is 0.388. The van der Waals surface area contributed by atoms with E-state index in [1.807, 2.05) is 22.9 Å². The highest BCUT2D eigenvalue weighted by Crippen LogP contribution is 2.26. The van der Waals surface area contributed by atoms with E-state index in [-0.39, 0.29) is 0 Å². The Morgan fingerprint density at radius 1 is 1.22 bits per heavy atom. The van der Waals surface area contributed by atoms with Crippen molar-refractivity contribution in [2.45, 2.75) is 32.6 Å². The number of alkyl halides is 1. The van der Waals surface area contributed by atoms with Crippen LogP contribution in [0.25, 0.3) is 5.69 Å². The van der Waals surface area contributed by atoms with Crippen LogP contribution in [0.15, 0.2) is 24.3 Å². The van der Waals surface area contributed by atoms with Gasteiger partial charge in [0.2, 0.25) is 0 Å². The maximum atomic E-state index is 6.19. The van der Waals surface area contributed by atoms with Crippen LogP contribution in [0.2, 0.25) is 5.02 Å². The van der Waals surface area contributed by atoms with E-state index < -0.39 is 0 Å². The standard InChI is InChI=1S/C14H16Cl2N2/c1-3-10-8-11(4-2)18(17-10)14-7-5-6-13(16)12(14)9-15/h5-8H,3-4,9H2,1-2H3. The first kappa shape index (κ1) is 13.4. The molecule has 2 nitrogen and oxygen atoms in total. The lowest BCUT2D eigenvalue weighted by Crippen LogP contribution is -2.05. The summed E-state index contributed by atoms with van der Waals surface area (Å²) in [6.45, 7) is 4.23. The van der Waals surface area contributed by atoms with Crippen molar-refractivity contribution in [1.82, 2.24) is 9.78 Å². The van der Waals surface area contributed by atoms with Gasteiger partial charge in [0.05, 0.1) is 17.3 Å². The Hall–Kier alpha value is -0.990. The first-order chi connectivity index (χ1) is 8.71. The van der Waals surface area contributed by atoms with Crippen LogP contribution in [0.5, 0.6) is 0 Å². The van der Waals surface area contributed by atoms with Gasteiger partial charge in [-0.1, -0.05) is 31.5 Å². The number of rotatable bonds is 4. The highest BCUT2D eigenvalue weighted by atomic mass is 35.5. The molecule has 2 rings (SSSR count). The summed E-state index contributed by atoms with van der Waals surface area (Å²) in [5.41, 5.74) is 4.18. The Labute approximate surface area is 118 Å². The molecule has 0 bridgehead atoms. The van der Waals surface area contributed by atoms with Crippen molar-refractivity contribution >= 4 is 23.2 Å². The molecular weight excluding hydrogens is 267 g/mol. The van der Waals surface area contributed by atoms with Crippen molar-refractivity contribution in [3.05, 3.63) is 46.2 Å². The Bertz CT molecular complexity index is 547. The third kappa shape index (κ3) is 2.40. The fraction of sp³-hybridized carbons (Fsp3) is 0.357. The van der Waals surface area contributed by atoms with Crippen molar-refractivity contribution in [2.75, 3.05) is 0 Å². The number of aromatic nitrogens is 2. The minimum Gasteiger partial charge on any atom is -0.237 e. The van der Waals surface area contributed by atoms with Crippen molar-refractivity contribution in [3.63, 3.8) is 0 Å². The maximum Gasteiger partial charge on any atom is 0.0707 e. The van der Waals surface area contributed by atoms with Crippen LogP contribution in [0.1, 0.15) is 30.8 Å². The van der Waals surface area contributed by atoms with E-state index in [0.717, 1.165) is 29.8 Å². The average Bonchev–Trinajstić information content (AvgIpc) is 2.81. The van der Waals surface area contributed by atoms with Crippen molar-refractivity contribution in [3.8, 4) is 5.69 Å². The Balaban J connectivity index is 2.60. The van der Waals surface area contributed by atoms with Gasteiger partial charge < -0.3 is 0 Å². The van der Waals surface area contributed by atoms with Crippen LogP contribution in [-0.4, -0.2) is 9.78 Å². The van der Waals surface area contributed by atoms with Crippen LogP contribution in [-0.2, 0) is 18.7 Å². The summed E-state index contributed by atoms with van der Waals surface area (Å²) in [7, 11) is 0. The Morgan fingerprint density at radius 3 is 2.61 bits per heavy atom. The zero-order valence-electron chi connectivity index (χ0n) is 10.6. The molecule has 0 unspecified atom stereocenters. The minimum atomic E-state index is 0.388. The first-order valence-electron chi connectivity index (χ1n) is 6.12. The van der Waals surface area contributed by atoms with Crippen LogP contribution in [0.4, 0.5) is 0 Å². The summed E-state index contributed by atoms with van der Waals surface area (Å²) in [5, 5.41) is 5.31. The monoisotopic (exact) mass is 282 g/mol. The lowest BCUT2D eigenvalue weighted by atomic mass is 10.2. The van der Waals surface area contributed by atoms with E-state index in [1.165, 1.54) is 5.69 Å². The molecule has 0 saturated carbocycles. The van der Waals surface area contributed by atoms with Gasteiger partial charge in [-0.3, -0.25) is 0 Å². The fourth-order valence-electron chi connectivity index (χ4n) is 1.99. The predicted octanol–water partition coefficient (Wildman–Crippen LogP) is 4.39. The molecule has 0 aliphatic rings. The summed E-state index contributed by atoms with van der Waals surface area (Å²) in [4.78, 5) is 0. The van der Waals surface area contributed by atoms with E-state index in [1.54, 1.807) is 0 Å². The molecule has 96 valence electrons. The molecule has 0 aliphatic carbocycles. The van der Waals surface area contributed by atoms with Gasteiger partial charge in [-0.25, -0.2) is 4.68 Å². The average molecular weight is 283 g/mol. The van der Waals surface area contributed by atoms with E-state index in [0.29, 0.717) is 10.9 Å². The van der Waals surface area contributed by atoms with Crippen LogP contribution in [0, 0.1) is 0 Å². The molecule has 4 heteroatoms. The van der Waals surface area contributed by atoms with Crippen molar-refractivity contribution in [1.29, 1.82) is 0 Å². The smallest absolute Gasteiger partial charge is 0.0707 e. The second-order valence-corrected chi connectivity index (χ2v) is 4.79. The van der Waals surface area contributed by atoms with Gasteiger partial charge in [0, 0.05) is 16.3 Å². The molecule has 0 atom stereocenters. The van der Waals surface area contributed by atoms with Crippen LogP contribution < -0.4 is 0 Å². The van der Waals surface area contributed by atoms with E-state index in [9.17, 15) is 0 Å². The van der Waals surface area contributed by atoms with Gasteiger partial charge in [0.1, 0.15) is 0 Å². The highest BCUT2D eigenvalue weighted by Gasteiger charge is 2.12. The molecule has 1 aromatic heterocycles. The summed E-state index contributed by atoms with van der Waals surface area (Å²) >= 11 is 12.2. The summed E-state index contributed by atoms with van der Waals surface area (Å²) in [6, 6.07) is 7.94. The van der Waals surface area contributed by atoms with Crippen molar-refractivity contribution < 1.29 is 0 Å². The molecule has 0 saturated heterocycles. The highest BCUT2D eigenvalue weighted by molar-refractivity contribution is 6.32. The fourth-order valence-corrected chi connectivity index (χ4v) is 2.57. The third-order valence-corrected chi connectivity index (χ3v) is 3.64. The molecule has 0 N–H and O–H groups in total. The Morgan fingerprint density at radius 2 is 2.00 bits per heavy atom. The lowest BCUT2D eigenvalue weighted by molar-refractivity contribution is 0.788. The molecule has 1 aromatic carbocycles. The largest absolute Gasteiger partial charge is 0.237 e. The second-order valence-electron chi connectivity index (χ2n) is 4.12. The molecule has 1 heterocycles. The predicted molar refractivity (Wildman–Crippen MR) is 76.9 cm³/mol. The summed E-state index contributed by atoms with van der Waals surface area (Å²) in [6.07, 6.45) is 1.86. The molecule has 0 radical (unpaired) electrons. The minimum absolute atomic E-state index is 0.388. The quantitative estimate of drug-likeness (QED) is 0.761. The number of aryl methyl sites for hydroxylation is 2. The number of hydrogen-bond acceptors (Lipinski definition) is 1. The maximum absolute atomic E-state index is 6.19. The van der Waals surface area contributed by atoms with Crippen LogP contribution >= 0.6 is 23.2 Å². The molecular formula is C14H16Cl2N2. The number of benzene rings is 1. The van der Waals surface area contributed by atoms with E-state index in [4.69, 9.17) is 23.2 Å². The van der Waals surface area contributed by atoms with E-state index >= 15 is 0 Å². The van der Waals surface area contributed by atoms with Gasteiger partial charge in [-0.2, -0.15) is 5.10 Å². The molecule has 0 aliphatic heterocycles. The lowest BCUT2D eigenvalue weighted by Gasteiger charge is -2.11. The number of nitrogens with zero attached hydrogens (tertiary/aromatic N) is 2. The van der Waals surface area contributed by atoms with Gasteiger partial charge in [-0.15, -0.1) is 11.6 Å². The topological polar surface area (TPSA) is 17.8 Å². The zero-order valence-corrected chi connectivity index (χ0v) is 12.1. The SMILES string of the molecule is CCc1cc(CC)n(-c2cccc(Cl)c2CCl)n1.